The van der Waals surface area contributed by atoms with Gasteiger partial charge in [-0.1, -0.05) is 23.9 Å². The average Bonchev–Trinajstić information content (AvgIpc) is 3.51. The predicted molar refractivity (Wildman–Crippen MR) is 124 cm³/mol. The Bertz CT molecular complexity index is 1320. The maximum Gasteiger partial charge on any atom is 0.316 e. The van der Waals surface area contributed by atoms with E-state index in [-0.39, 0.29) is 29.6 Å². The number of hydrogen-bond acceptors (Lipinski definition) is 10. The number of aromatic nitrogens is 2. The molecule has 2 aliphatic heterocycles. The van der Waals surface area contributed by atoms with Gasteiger partial charge in [-0.05, 0) is 44.2 Å². The van der Waals surface area contributed by atoms with E-state index in [0.29, 0.717) is 28.4 Å². The van der Waals surface area contributed by atoms with E-state index in [1.54, 1.807) is 56.3 Å². The number of amides is 2. The van der Waals surface area contributed by atoms with E-state index in [0.717, 1.165) is 11.8 Å². The van der Waals surface area contributed by atoms with Gasteiger partial charge in [-0.2, -0.15) is 0 Å². The Labute approximate surface area is 203 Å². The summed E-state index contributed by atoms with van der Waals surface area (Å²) in [6.45, 7) is 2.89. The fraction of sp³-hybridized carbons (Fsp3) is 0.261. The molecule has 0 aliphatic carbocycles. The topological polar surface area (TPSA) is 133 Å². The summed E-state index contributed by atoms with van der Waals surface area (Å²) in [5.41, 5.74) is 0.549. The van der Waals surface area contributed by atoms with E-state index in [1.165, 1.54) is 4.90 Å². The first kappa shape index (κ1) is 22.7. The number of hydrogen-bond donors (Lipinski definition) is 1. The van der Waals surface area contributed by atoms with E-state index in [1.807, 2.05) is 0 Å². The Morgan fingerprint density at radius 2 is 1.94 bits per heavy atom. The third kappa shape index (κ3) is 4.39. The van der Waals surface area contributed by atoms with Crippen molar-refractivity contribution in [1.82, 2.24) is 10.2 Å². The Balaban J connectivity index is 1.17. The quantitative estimate of drug-likeness (QED) is 0.401. The van der Waals surface area contributed by atoms with Gasteiger partial charge in [-0.15, -0.1) is 10.2 Å². The van der Waals surface area contributed by atoms with Crippen LogP contribution in [0.4, 0.5) is 11.4 Å². The molecule has 180 valence electrons. The predicted octanol–water partition coefficient (Wildman–Crippen LogP) is 2.86. The van der Waals surface area contributed by atoms with Crippen LogP contribution in [0.2, 0.25) is 0 Å². The molecule has 0 fully saturated rings. The molecule has 2 aliphatic rings. The SMILES string of the molecule is CC1(C)C(=O)Nc2ccccc2N1C(=O)COC(=O)CSc1nnc(-c2ccc3c(c2)OCO3)o1. The summed E-state index contributed by atoms with van der Waals surface area (Å²) in [5.74, 6) is -0.148. The van der Waals surface area contributed by atoms with Crippen molar-refractivity contribution in [3.8, 4) is 23.0 Å². The highest BCUT2D eigenvalue weighted by molar-refractivity contribution is 7.99. The first-order chi connectivity index (χ1) is 16.8. The minimum atomic E-state index is -1.15. The van der Waals surface area contributed by atoms with Gasteiger partial charge in [0, 0.05) is 5.56 Å². The molecule has 35 heavy (non-hydrogen) atoms. The zero-order valence-electron chi connectivity index (χ0n) is 18.8. The number of carbonyl (C=O) groups is 3. The molecule has 1 aromatic heterocycles. The summed E-state index contributed by atoms with van der Waals surface area (Å²) in [4.78, 5) is 39.1. The van der Waals surface area contributed by atoms with E-state index in [4.69, 9.17) is 18.6 Å². The number of esters is 1. The minimum Gasteiger partial charge on any atom is -0.455 e. The van der Waals surface area contributed by atoms with Gasteiger partial charge in [0.2, 0.25) is 18.6 Å². The van der Waals surface area contributed by atoms with Crippen molar-refractivity contribution < 1.29 is 33.0 Å². The molecule has 3 heterocycles. The Morgan fingerprint density at radius 1 is 1.14 bits per heavy atom. The fourth-order valence-corrected chi connectivity index (χ4v) is 4.24. The van der Waals surface area contributed by atoms with Crippen LogP contribution in [0, 0.1) is 0 Å². The summed E-state index contributed by atoms with van der Waals surface area (Å²) < 4.78 is 21.4. The van der Waals surface area contributed by atoms with Gasteiger partial charge in [0.05, 0.1) is 11.4 Å². The maximum absolute atomic E-state index is 12.9. The molecule has 0 atom stereocenters. The minimum absolute atomic E-state index is 0.142. The Morgan fingerprint density at radius 3 is 2.80 bits per heavy atom. The zero-order valence-corrected chi connectivity index (χ0v) is 19.6. The highest BCUT2D eigenvalue weighted by Gasteiger charge is 2.43. The van der Waals surface area contributed by atoms with Crippen molar-refractivity contribution in [3.63, 3.8) is 0 Å². The molecule has 1 N–H and O–H groups in total. The van der Waals surface area contributed by atoms with Crippen LogP contribution in [0.3, 0.4) is 0 Å². The van der Waals surface area contributed by atoms with Crippen molar-refractivity contribution in [3.05, 3.63) is 42.5 Å². The second-order valence-corrected chi connectivity index (χ2v) is 9.08. The number of nitrogens with zero attached hydrogens (tertiary/aromatic N) is 3. The molecule has 2 amide bonds. The molecule has 0 bridgehead atoms. The zero-order chi connectivity index (χ0) is 24.6. The van der Waals surface area contributed by atoms with Crippen LogP contribution < -0.4 is 19.7 Å². The highest BCUT2D eigenvalue weighted by Crippen LogP contribution is 2.37. The number of fused-ring (bicyclic) bond motifs is 2. The van der Waals surface area contributed by atoms with E-state index < -0.39 is 24.0 Å². The van der Waals surface area contributed by atoms with Crippen molar-refractivity contribution in [2.24, 2.45) is 0 Å². The molecule has 0 saturated carbocycles. The lowest BCUT2D eigenvalue weighted by atomic mass is 9.96. The number of carbonyl (C=O) groups excluding carboxylic acids is 3. The molecular weight excluding hydrogens is 476 g/mol. The van der Waals surface area contributed by atoms with Crippen LogP contribution in [0.1, 0.15) is 13.8 Å². The van der Waals surface area contributed by atoms with Gasteiger partial charge in [-0.3, -0.25) is 19.3 Å². The molecule has 2 aromatic carbocycles. The van der Waals surface area contributed by atoms with Gasteiger partial charge in [0.15, 0.2) is 18.1 Å². The van der Waals surface area contributed by atoms with Crippen molar-refractivity contribution in [2.45, 2.75) is 24.6 Å². The van der Waals surface area contributed by atoms with Gasteiger partial charge in [0.25, 0.3) is 11.1 Å². The van der Waals surface area contributed by atoms with Crippen LogP contribution in [-0.4, -0.2) is 52.7 Å². The number of benzene rings is 2. The normalized spacial score (nSPS) is 15.4. The second-order valence-electron chi connectivity index (χ2n) is 8.15. The number of para-hydroxylation sites is 2. The van der Waals surface area contributed by atoms with Gasteiger partial charge < -0.3 is 23.9 Å². The monoisotopic (exact) mass is 496 g/mol. The van der Waals surface area contributed by atoms with Crippen LogP contribution in [-0.2, 0) is 19.1 Å². The molecule has 0 spiro atoms. The molecule has 3 aromatic rings. The van der Waals surface area contributed by atoms with Crippen LogP contribution in [0.25, 0.3) is 11.5 Å². The summed E-state index contributed by atoms with van der Waals surface area (Å²) >= 11 is 0.986. The lowest BCUT2D eigenvalue weighted by Gasteiger charge is -2.41. The van der Waals surface area contributed by atoms with Crippen molar-refractivity contribution in [1.29, 1.82) is 0 Å². The Hall–Kier alpha value is -4.06. The molecule has 0 unspecified atom stereocenters. The number of thioether (sulfide) groups is 1. The van der Waals surface area contributed by atoms with Crippen molar-refractivity contribution in [2.75, 3.05) is 29.4 Å². The summed E-state index contributed by atoms with van der Waals surface area (Å²) in [5, 5.41) is 10.9. The number of anilines is 2. The van der Waals surface area contributed by atoms with E-state index in [2.05, 4.69) is 15.5 Å². The van der Waals surface area contributed by atoms with Gasteiger partial charge in [0.1, 0.15) is 11.3 Å². The lowest BCUT2D eigenvalue weighted by molar-refractivity contribution is -0.145. The number of rotatable bonds is 6. The standard InChI is InChI=1S/C23H20N4O7S/c1-23(2)21(30)24-14-5-3-4-6-15(14)27(23)18(28)10-31-19(29)11-35-22-26-25-20(34-22)13-7-8-16-17(9-13)33-12-32-16/h3-9H,10-12H2,1-2H3,(H,24,30). The van der Waals surface area contributed by atoms with Gasteiger partial charge >= 0.3 is 5.97 Å². The number of nitrogens with one attached hydrogen (secondary N) is 1. The average molecular weight is 497 g/mol. The summed E-state index contributed by atoms with van der Waals surface area (Å²) in [6.07, 6.45) is 0. The second kappa shape index (κ2) is 8.95. The first-order valence-corrected chi connectivity index (χ1v) is 11.6. The third-order valence-corrected chi connectivity index (χ3v) is 6.25. The molecule has 0 saturated heterocycles. The summed E-state index contributed by atoms with van der Waals surface area (Å²) in [6, 6.07) is 12.2. The molecule has 0 radical (unpaired) electrons. The third-order valence-electron chi connectivity index (χ3n) is 5.45. The van der Waals surface area contributed by atoms with Crippen LogP contribution in [0.5, 0.6) is 11.5 Å². The molecular formula is C23H20N4O7S. The lowest BCUT2D eigenvalue weighted by Crippen LogP contribution is -2.59. The number of ether oxygens (including phenoxy) is 3. The largest absolute Gasteiger partial charge is 0.455 e. The maximum atomic E-state index is 12.9. The van der Waals surface area contributed by atoms with E-state index >= 15 is 0 Å². The molecule has 11 nitrogen and oxygen atoms in total. The molecule has 12 heteroatoms. The summed E-state index contributed by atoms with van der Waals surface area (Å²) in [7, 11) is 0. The smallest absolute Gasteiger partial charge is 0.316 e. The van der Waals surface area contributed by atoms with Crippen molar-refractivity contribution >= 4 is 40.9 Å². The fourth-order valence-electron chi connectivity index (χ4n) is 3.68. The van der Waals surface area contributed by atoms with Crippen LogP contribution in [0.15, 0.2) is 52.1 Å². The highest BCUT2D eigenvalue weighted by atomic mass is 32.2. The van der Waals surface area contributed by atoms with Crippen LogP contribution >= 0.6 is 11.8 Å². The van der Waals surface area contributed by atoms with Gasteiger partial charge in [-0.25, -0.2) is 0 Å². The first-order valence-electron chi connectivity index (χ1n) is 10.6. The Kier molecular flexibility index (Phi) is 5.81. The van der Waals surface area contributed by atoms with E-state index in [9.17, 15) is 14.4 Å². The molecule has 5 rings (SSSR count).